The lowest BCUT2D eigenvalue weighted by atomic mass is 10.1. The van der Waals surface area contributed by atoms with Gasteiger partial charge in [0.15, 0.2) is 0 Å². The summed E-state index contributed by atoms with van der Waals surface area (Å²) in [7, 11) is -2.07. The number of sulfonamides is 1. The molecule has 0 radical (unpaired) electrons. The molecule has 3 rings (SSSR count). The maximum absolute atomic E-state index is 12.7. The molecule has 144 valence electrons. The number of unbranched alkanes of at least 4 members (excludes halogenated alkanes) is 1. The lowest BCUT2D eigenvalue weighted by Gasteiger charge is -2.15. The van der Waals surface area contributed by atoms with E-state index in [4.69, 9.17) is 4.74 Å². The number of benzene rings is 1. The molecule has 0 atom stereocenters. The van der Waals surface area contributed by atoms with Gasteiger partial charge in [0.25, 0.3) is 10.0 Å². The number of nitrogens with zero attached hydrogens (tertiary/aromatic N) is 3. The van der Waals surface area contributed by atoms with Crippen molar-refractivity contribution in [3.63, 3.8) is 0 Å². The molecule has 8 heteroatoms. The Morgan fingerprint density at radius 2 is 2.04 bits per heavy atom. The third kappa shape index (κ3) is 4.77. The Bertz CT molecular complexity index is 944. The molecular formula is C19H24N4O3S. The molecule has 1 aromatic heterocycles. The van der Waals surface area contributed by atoms with Gasteiger partial charge in [0.05, 0.1) is 29.6 Å². The first-order chi connectivity index (χ1) is 13.0. The van der Waals surface area contributed by atoms with Crippen LogP contribution in [0, 0.1) is 0 Å². The predicted octanol–water partition coefficient (Wildman–Crippen LogP) is 3.59. The Labute approximate surface area is 159 Å². The molecule has 27 heavy (non-hydrogen) atoms. The Morgan fingerprint density at radius 3 is 2.74 bits per heavy atom. The molecular weight excluding hydrogens is 364 g/mol. The molecule has 0 spiro atoms. The maximum atomic E-state index is 12.7. The van der Waals surface area contributed by atoms with Gasteiger partial charge in [0.1, 0.15) is 5.75 Å². The lowest BCUT2D eigenvalue weighted by molar-refractivity contribution is 0.415. The summed E-state index contributed by atoms with van der Waals surface area (Å²) in [5.41, 5.74) is 2.14. The molecule has 0 amide bonds. The van der Waals surface area contributed by atoms with Crippen LogP contribution in [-0.4, -0.2) is 30.5 Å². The fourth-order valence-corrected chi connectivity index (χ4v) is 4.05. The van der Waals surface area contributed by atoms with Crippen molar-refractivity contribution in [1.82, 2.24) is 15.0 Å². The van der Waals surface area contributed by atoms with Crippen molar-refractivity contribution < 1.29 is 13.2 Å². The fraction of sp³-hybridized carbons (Fsp3) is 0.368. The van der Waals surface area contributed by atoms with E-state index in [9.17, 15) is 8.42 Å². The van der Waals surface area contributed by atoms with Gasteiger partial charge in [-0.25, -0.2) is 13.1 Å². The summed E-state index contributed by atoms with van der Waals surface area (Å²) in [6.45, 7) is 2.13. The van der Waals surface area contributed by atoms with Crippen LogP contribution in [0.4, 0.5) is 5.69 Å². The SMILES string of the molecule is CCCCc1cn(C2=CCCC(S(=O)(=O)Nc3ccc(OC)cc3)=C2)nn1. The second-order valence-electron chi connectivity index (χ2n) is 6.37. The van der Waals surface area contributed by atoms with Crippen LogP contribution in [0.2, 0.25) is 0 Å². The normalized spacial score (nSPS) is 14.4. The van der Waals surface area contributed by atoms with E-state index in [1.54, 1.807) is 42.1 Å². The van der Waals surface area contributed by atoms with E-state index in [2.05, 4.69) is 22.0 Å². The van der Waals surface area contributed by atoms with Gasteiger partial charge in [-0.1, -0.05) is 24.6 Å². The highest BCUT2D eigenvalue weighted by atomic mass is 32.2. The van der Waals surface area contributed by atoms with E-state index < -0.39 is 10.0 Å². The first-order valence-electron chi connectivity index (χ1n) is 9.01. The number of hydrogen-bond donors (Lipinski definition) is 1. The number of allylic oxidation sites excluding steroid dienone is 4. The summed E-state index contributed by atoms with van der Waals surface area (Å²) >= 11 is 0. The average Bonchev–Trinajstić information content (AvgIpc) is 3.16. The summed E-state index contributed by atoms with van der Waals surface area (Å²) in [6, 6.07) is 6.78. The molecule has 0 saturated heterocycles. The Hall–Kier alpha value is -2.61. The highest BCUT2D eigenvalue weighted by Crippen LogP contribution is 2.26. The van der Waals surface area contributed by atoms with Gasteiger partial charge in [-0.3, -0.25) is 4.72 Å². The highest BCUT2D eigenvalue weighted by Gasteiger charge is 2.21. The molecule has 0 unspecified atom stereocenters. The smallest absolute Gasteiger partial charge is 0.258 e. The van der Waals surface area contributed by atoms with Gasteiger partial charge >= 0.3 is 0 Å². The predicted molar refractivity (Wildman–Crippen MR) is 106 cm³/mol. The first kappa shape index (κ1) is 19.2. The summed E-state index contributed by atoms with van der Waals surface area (Å²) in [5, 5.41) is 8.30. The van der Waals surface area contributed by atoms with E-state index in [1.165, 1.54) is 0 Å². The minimum absolute atomic E-state index is 0.335. The zero-order chi connectivity index (χ0) is 19.3. The minimum Gasteiger partial charge on any atom is -0.497 e. The van der Waals surface area contributed by atoms with Crippen molar-refractivity contribution in [3.05, 3.63) is 53.2 Å². The van der Waals surface area contributed by atoms with Crippen molar-refractivity contribution in [1.29, 1.82) is 0 Å². The molecule has 1 aliphatic carbocycles. The molecule has 1 N–H and O–H groups in total. The van der Waals surface area contributed by atoms with E-state index in [0.717, 1.165) is 30.7 Å². The quantitative estimate of drug-likeness (QED) is 0.747. The number of anilines is 1. The largest absolute Gasteiger partial charge is 0.497 e. The molecule has 0 saturated carbocycles. The number of hydrogen-bond acceptors (Lipinski definition) is 5. The van der Waals surface area contributed by atoms with E-state index >= 15 is 0 Å². The number of rotatable bonds is 8. The third-order valence-corrected chi connectivity index (χ3v) is 5.85. The van der Waals surface area contributed by atoms with Crippen molar-refractivity contribution >= 4 is 21.4 Å². The second-order valence-corrected chi connectivity index (χ2v) is 8.11. The standard InChI is InChI=1S/C19H24N4O3S/c1-3-4-6-16-14-23(22-20-16)17-7-5-8-19(13-17)27(24,25)21-15-9-11-18(26-2)12-10-15/h7,9-14,21H,3-6,8H2,1-2H3. The molecule has 0 fully saturated rings. The van der Waals surface area contributed by atoms with Crippen LogP contribution >= 0.6 is 0 Å². The summed E-state index contributed by atoms with van der Waals surface area (Å²) in [5.74, 6) is 0.671. The summed E-state index contributed by atoms with van der Waals surface area (Å²) in [6.07, 6.45) is 9.61. The lowest BCUT2D eigenvalue weighted by Crippen LogP contribution is -2.17. The van der Waals surface area contributed by atoms with Crippen LogP contribution in [-0.2, 0) is 16.4 Å². The van der Waals surface area contributed by atoms with Crippen molar-refractivity contribution in [2.24, 2.45) is 0 Å². The van der Waals surface area contributed by atoms with Crippen molar-refractivity contribution in [3.8, 4) is 5.75 Å². The van der Waals surface area contributed by atoms with Gasteiger partial charge in [-0.05, 0) is 56.0 Å². The number of methoxy groups -OCH3 is 1. The molecule has 0 aliphatic heterocycles. The average molecular weight is 388 g/mol. The fourth-order valence-electron chi connectivity index (χ4n) is 2.81. The molecule has 7 nitrogen and oxygen atoms in total. The van der Waals surface area contributed by atoms with Crippen LogP contribution in [0.1, 0.15) is 38.3 Å². The maximum Gasteiger partial charge on any atom is 0.258 e. The topological polar surface area (TPSA) is 86.1 Å². The van der Waals surface area contributed by atoms with E-state index in [1.807, 2.05) is 12.3 Å². The monoisotopic (exact) mass is 388 g/mol. The number of nitrogens with one attached hydrogen (secondary N) is 1. The second kappa shape index (κ2) is 8.39. The molecule has 1 heterocycles. The Balaban J connectivity index is 1.76. The third-order valence-electron chi connectivity index (χ3n) is 4.33. The zero-order valence-electron chi connectivity index (χ0n) is 15.6. The van der Waals surface area contributed by atoms with Crippen LogP contribution in [0.15, 0.2) is 47.5 Å². The number of ether oxygens (including phenoxy) is 1. The highest BCUT2D eigenvalue weighted by molar-refractivity contribution is 7.96. The van der Waals surface area contributed by atoms with Gasteiger partial charge in [0, 0.05) is 5.69 Å². The van der Waals surface area contributed by atoms with Crippen LogP contribution in [0.3, 0.4) is 0 Å². The van der Waals surface area contributed by atoms with Gasteiger partial charge in [-0.15, -0.1) is 5.10 Å². The Morgan fingerprint density at radius 1 is 1.26 bits per heavy atom. The number of aromatic nitrogens is 3. The number of aryl methyl sites for hydroxylation is 1. The van der Waals surface area contributed by atoms with E-state index in [0.29, 0.717) is 29.2 Å². The van der Waals surface area contributed by atoms with E-state index in [-0.39, 0.29) is 0 Å². The van der Waals surface area contributed by atoms with Crippen molar-refractivity contribution in [2.45, 2.75) is 39.0 Å². The Kier molecular flexibility index (Phi) is 5.95. The van der Waals surface area contributed by atoms with Gasteiger partial charge in [0.2, 0.25) is 0 Å². The molecule has 2 aromatic rings. The molecule has 0 bridgehead atoms. The summed E-state index contributed by atoms with van der Waals surface area (Å²) < 4.78 is 34.9. The van der Waals surface area contributed by atoms with Crippen LogP contribution in [0.5, 0.6) is 5.75 Å². The summed E-state index contributed by atoms with van der Waals surface area (Å²) in [4.78, 5) is 0.335. The molecule has 1 aliphatic rings. The zero-order valence-corrected chi connectivity index (χ0v) is 16.4. The van der Waals surface area contributed by atoms with Gasteiger partial charge < -0.3 is 4.74 Å². The van der Waals surface area contributed by atoms with Crippen LogP contribution < -0.4 is 9.46 Å². The van der Waals surface area contributed by atoms with Crippen molar-refractivity contribution in [2.75, 3.05) is 11.8 Å². The van der Waals surface area contributed by atoms with Gasteiger partial charge in [-0.2, -0.15) is 0 Å². The molecule has 1 aromatic carbocycles. The van der Waals surface area contributed by atoms with Crippen LogP contribution in [0.25, 0.3) is 5.70 Å². The first-order valence-corrected chi connectivity index (χ1v) is 10.5. The minimum atomic E-state index is -3.64.